The van der Waals surface area contributed by atoms with Gasteiger partial charge in [0.15, 0.2) is 11.5 Å². The Morgan fingerprint density at radius 3 is 2.50 bits per heavy atom. The Hall–Kier alpha value is -2.48. The summed E-state index contributed by atoms with van der Waals surface area (Å²) >= 11 is 11.3. The molecule has 0 spiro atoms. The van der Waals surface area contributed by atoms with Gasteiger partial charge < -0.3 is 9.47 Å². The van der Waals surface area contributed by atoms with Gasteiger partial charge in [-0.15, -0.1) is 11.6 Å². The molecule has 2 aromatic rings. The van der Waals surface area contributed by atoms with Gasteiger partial charge in [0.2, 0.25) is 0 Å². The van der Waals surface area contributed by atoms with Crippen molar-refractivity contribution in [2.24, 2.45) is 0 Å². The van der Waals surface area contributed by atoms with Crippen LogP contribution in [0.4, 0.5) is 0 Å². The lowest BCUT2D eigenvalue weighted by atomic mass is 10.0. The Kier molecular flexibility index (Phi) is 6.25. The van der Waals surface area contributed by atoms with Gasteiger partial charge in [0.05, 0.1) is 18.8 Å². The van der Waals surface area contributed by atoms with Crippen LogP contribution in [0.15, 0.2) is 42.5 Å². The van der Waals surface area contributed by atoms with Crippen molar-refractivity contribution in [3.63, 3.8) is 0 Å². The number of benzene rings is 2. The van der Waals surface area contributed by atoms with E-state index in [4.69, 9.17) is 32.7 Å². The topological polar surface area (TPSA) is 59.3 Å². The highest BCUT2D eigenvalue weighted by atomic mass is 35.5. The molecule has 4 nitrogen and oxygen atoms in total. The Balaban J connectivity index is 2.35. The van der Waals surface area contributed by atoms with Gasteiger partial charge in [0.25, 0.3) is 0 Å². The minimum Gasteiger partial charge on any atom is -0.493 e. The summed E-state index contributed by atoms with van der Waals surface area (Å²) in [6, 6.07) is 14.1. The lowest BCUT2D eigenvalue weighted by Crippen LogP contribution is -2.09. The van der Waals surface area contributed by atoms with Crippen molar-refractivity contribution >= 4 is 40.8 Å². The number of nitriles is 1. The second-order valence-corrected chi connectivity index (χ2v) is 5.40. The van der Waals surface area contributed by atoms with E-state index >= 15 is 0 Å². The monoisotopic (exact) mass is 361 g/mol. The molecule has 0 aliphatic rings. The average molecular weight is 362 g/mol. The number of ether oxygens (including phenoxy) is 2. The smallest absolute Gasteiger partial charge is 0.326 e. The van der Waals surface area contributed by atoms with E-state index in [-0.39, 0.29) is 11.6 Å². The molecule has 24 heavy (non-hydrogen) atoms. The van der Waals surface area contributed by atoms with Crippen LogP contribution in [0, 0.1) is 11.3 Å². The molecule has 0 atom stereocenters. The average Bonchev–Trinajstić information content (AvgIpc) is 2.61. The fourth-order valence-electron chi connectivity index (χ4n) is 1.98. The highest BCUT2D eigenvalue weighted by Gasteiger charge is 2.10. The lowest BCUT2D eigenvalue weighted by molar-refractivity contribution is -0.131. The van der Waals surface area contributed by atoms with Crippen LogP contribution in [0.25, 0.3) is 11.6 Å². The number of hydrogen-bond acceptors (Lipinski definition) is 4. The van der Waals surface area contributed by atoms with E-state index in [1.807, 2.05) is 0 Å². The molecular formula is C18H13Cl2NO3. The van der Waals surface area contributed by atoms with Gasteiger partial charge in [-0.05, 0) is 41.5 Å². The summed E-state index contributed by atoms with van der Waals surface area (Å²) in [5.41, 5.74) is 1.95. The molecule has 0 radical (unpaired) electrons. The van der Waals surface area contributed by atoms with Crippen LogP contribution in [-0.2, 0) is 4.79 Å². The van der Waals surface area contributed by atoms with Gasteiger partial charge >= 0.3 is 5.97 Å². The van der Waals surface area contributed by atoms with Gasteiger partial charge in [0.1, 0.15) is 5.88 Å². The third-order valence-electron chi connectivity index (χ3n) is 3.11. The van der Waals surface area contributed by atoms with E-state index in [1.165, 1.54) is 7.11 Å². The molecule has 0 bridgehead atoms. The summed E-state index contributed by atoms with van der Waals surface area (Å²) in [4.78, 5) is 11.3. The predicted octanol–water partition coefficient (Wildman–Crippen LogP) is 4.56. The summed E-state index contributed by atoms with van der Waals surface area (Å²) < 4.78 is 10.3. The highest BCUT2D eigenvalue weighted by Crippen LogP contribution is 2.30. The van der Waals surface area contributed by atoms with Crippen LogP contribution < -0.4 is 9.47 Å². The molecule has 0 saturated heterocycles. The number of hydrogen-bond donors (Lipinski definition) is 0. The molecule has 0 aliphatic heterocycles. The first-order valence-electron chi connectivity index (χ1n) is 6.89. The van der Waals surface area contributed by atoms with Crippen LogP contribution in [0.5, 0.6) is 11.5 Å². The molecule has 0 aliphatic carbocycles. The molecule has 2 rings (SSSR count). The Labute approximate surface area is 149 Å². The molecule has 122 valence electrons. The van der Waals surface area contributed by atoms with Gasteiger partial charge in [0, 0.05) is 5.02 Å². The number of esters is 1. The van der Waals surface area contributed by atoms with Gasteiger partial charge in [-0.1, -0.05) is 29.8 Å². The number of carbonyl (C=O) groups is 1. The molecule has 0 unspecified atom stereocenters. The summed E-state index contributed by atoms with van der Waals surface area (Å²) in [5.74, 6) is -0.182. The summed E-state index contributed by atoms with van der Waals surface area (Å²) in [7, 11) is 1.46. The molecular weight excluding hydrogens is 349 g/mol. The molecule has 6 heteroatoms. The van der Waals surface area contributed by atoms with Crippen LogP contribution in [0.3, 0.4) is 0 Å². The van der Waals surface area contributed by atoms with Gasteiger partial charge in [-0.2, -0.15) is 5.26 Å². The predicted molar refractivity (Wildman–Crippen MR) is 94.3 cm³/mol. The molecule has 0 aromatic heterocycles. The molecule has 0 fully saturated rings. The van der Waals surface area contributed by atoms with Crippen molar-refractivity contribution in [1.29, 1.82) is 5.26 Å². The number of nitrogens with zero attached hydrogens (tertiary/aromatic N) is 1. The normalized spacial score (nSPS) is 10.8. The SMILES string of the molecule is COc1cc(/C=C(\C#N)c2ccc(Cl)cc2)ccc1OC(=O)CCl. The maximum atomic E-state index is 11.3. The fourth-order valence-corrected chi connectivity index (χ4v) is 2.17. The second-order valence-electron chi connectivity index (χ2n) is 4.69. The first kappa shape index (κ1) is 17.9. The van der Waals surface area contributed by atoms with Crippen molar-refractivity contribution in [1.82, 2.24) is 0 Å². The Morgan fingerprint density at radius 2 is 1.92 bits per heavy atom. The number of allylic oxidation sites excluding steroid dienone is 1. The fraction of sp³-hybridized carbons (Fsp3) is 0.111. The Bertz CT molecular complexity index is 808. The van der Waals surface area contributed by atoms with Crippen molar-refractivity contribution in [2.45, 2.75) is 0 Å². The number of rotatable bonds is 5. The van der Waals surface area contributed by atoms with Crippen molar-refractivity contribution < 1.29 is 14.3 Å². The summed E-state index contributed by atoms with van der Waals surface area (Å²) in [5, 5.41) is 9.98. The second kappa shape index (κ2) is 8.39. The van der Waals surface area contributed by atoms with Crippen LogP contribution in [0.2, 0.25) is 5.02 Å². The zero-order valence-electron chi connectivity index (χ0n) is 12.8. The van der Waals surface area contributed by atoms with E-state index in [1.54, 1.807) is 48.5 Å². The highest BCUT2D eigenvalue weighted by molar-refractivity contribution is 6.30. The van der Waals surface area contributed by atoms with E-state index in [9.17, 15) is 10.1 Å². The lowest BCUT2D eigenvalue weighted by Gasteiger charge is -2.09. The summed E-state index contributed by atoms with van der Waals surface area (Å²) in [6.07, 6.45) is 1.71. The molecule has 0 heterocycles. The number of carbonyl (C=O) groups excluding carboxylic acids is 1. The minimum absolute atomic E-state index is 0.250. The Morgan fingerprint density at radius 1 is 1.21 bits per heavy atom. The third kappa shape index (κ3) is 4.51. The standard InChI is InChI=1S/C18H13Cl2NO3/c1-23-17-9-12(2-7-16(17)24-18(22)10-19)8-14(11-21)13-3-5-15(20)6-4-13/h2-9H,10H2,1H3/b14-8+. The van der Waals surface area contributed by atoms with E-state index in [0.717, 1.165) is 11.1 Å². The van der Waals surface area contributed by atoms with E-state index in [0.29, 0.717) is 16.3 Å². The largest absolute Gasteiger partial charge is 0.493 e. The molecule has 2 aromatic carbocycles. The van der Waals surface area contributed by atoms with Gasteiger partial charge in [-0.3, -0.25) is 4.79 Å². The first-order chi connectivity index (χ1) is 11.6. The zero-order chi connectivity index (χ0) is 17.5. The quantitative estimate of drug-likeness (QED) is 0.257. The molecule has 0 amide bonds. The maximum absolute atomic E-state index is 11.3. The zero-order valence-corrected chi connectivity index (χ0v) is 14.3. The minimum atomic E-state index is -0.572. The molecule has 0 saturated carbocycles. The third-order valence-corrected chi connectivity index (χ3v) is 3.58. The van der Waals surface area contributed by atoms with E-state index in [2.05, 4.69) is 6.07 Å². The number of methoxy groups -OCH3 is 1. The molecule has 0 N–H and O–H groups in total. The van der Waals surface area contributed by atoms with Crippen LogP contribution in [-0.4, -0.2) is 19.0 Å². The van der Waals surface area contributed by atoms with Crippen molar-refractivity contribution in [3.05, 3.63) is 58.6 Å². The van der Waals surface area contributed by atoms with E-state index < -0.39 is 5.97 Å². The van der Waals surface area contributed by atoms with Crippen LogP contribution in [0.1, 0.15) is 11.1 Å². The van der Waals surface area contributed by atoms with Crippen LogP contribution >= 0.6 is 23.2 Å². The summed E-state index contributed by atoms with van der Waals surface area (Å²) in [6.45, 7) is 0. The number of alkyl halides is 1. The van der Waals surface area contributed by atoms with Crippen molar-refractivity contribution in [3.8, 4) is 17.6 Å². The maximum Gasteiger partial charge on any atom is 0.326 e. The van der Waals surface area contributed by atoms with Gasteiger partial charge in [-0.25, -0.2) is 0 Å². The van der Waals surface area contributed by atoms with Crippen molar-refractivity contribution in [2.75, 3.05) is 13.0 Å². The first-order valence-corrected chi connectivity index (χ1v) is 7.81. The number of halogens is 2.